The first-order valence-corrected chi connectivity index (χ1v) is 7.40. The first kappa shape index (κ1) is 13.4. The minimum Gasteiger partial charge on any atom is -0.391 e. The zero-order valence-corrected chi connectivity index (χ0v) is 11.8. The number of rotatable bonds is 2. The summed E-state index contributed by atoms with van der Waals surface area (Å²) in [5.41, 5.74) is 0.410. The molecule has 2 rings (SSSR count). The van der Waals surface area contributed by atoms with Crippen molar-refractivity contribution in [3.8, 4) is 0 Å². The van der Waals surface area contributed by atoms with Crippen LogP contribution in [0.3, 0.4) is 0 Å². The highest BCUT2D eigenvalue weighted by Gasteiger charge is 2.38. The summed E-state index contributed by atoms with van der Waals surface area (Å²) in [6.07, 6.45) is 10.0. The lowest BCUT2D eigenvalue weighted by molar-refractivity contribution is -0.0282. The second-order valence-electron chi connectivity index (χ2n) is 7.00. The van der Waals surface area contributed by atoms with Crippen LogP contribution in [0.2, 0.25) is 0 Å². The van der Waals surface area contributed by atoms with Crippen molar-refractivity contribution in [1.29, 1.82) is 0 Å². The molecule has 0 aromatic rings. The van der Waals surface area contributed by atoms with E-state index in [1.54, 1.807) is 0 Å². The minimum atomic E-state index is -0.102. The van der Waals surface area contributed by atoms with Gasteiger partial charge in [0.2, 0.25) is 0 Å². The molecule has 0 aromatic heterocycles. The van der Waals surface area contributed by atoms with E-state index in [9.17, 15) is 5.11 Å². The van der Waals surface area contributed by atoms with Gasteiger partial charge < -0.3 is 5.11 Å². The highest BCUT2D eigenvalue weighted by molar-refractivity contribution is 4.92. The van der Waals surface area contributed by atoms with E-state index >= 15 is 0 Å². The van der Waals surface area contributed by atoms with Crippen molar-refractivity contribution in [3.05, 3.63) is 0 Å². The summed E-state index contributed by atoms with van der Waals surface area (Å²) < 4.78 is 0. The molecule has 0 heterocycles. The quantitative estimate of drug-likeness (QED) is 0.800. The van der Waals surface area contributed by atoms with E-state index in [0.717, 1.165) is 18.9 Å². The molecule has 2 nitrogen and oxygen atoms in total. The zero-order valence-electron chi connectivity index (χ0n) is 11.8. The van der Waals surface area contributed by atoms with Crippen molar-refractivity contribution >= 4 is 0 Å². The highest BCUT2D eigenvalue weighted by atomic mass is 16.3. The monoisotopic (exact) mass is 239 g/mol. The van der Waals surface area contributed by atoms with Gasteiger partial charge in [-0.25, -0.2) is 0 Å². The normalized spacial score (nSPS) is 35.1. The Hall–Kier alpha value is -0.0800. The Labute approximate surface area is 106 Å². The van der Waals surface area contributed by atoms with Gasteiger partial charge in [-0.1, -0.05) is 33.1 Å². The Morgan fingerprint density at radius 3 is 2.35 bits per heavy atom. The molecule has 0 spiro atoms. The van der Waals surface area contributed by atoms with Gasteiger partial charge >= 0.3 is 0 Å². The number of hydrogen-bond donors (Lipinski definition) is 1. The van der Waals surface area contributed by atoms with Crippen LogP contribution in [0.1, 0.15) is 65.2 Å². The maximum atomic E-state index is 10.3. The number of aliphatic hydroxyl groups is 1. The summed E-state index contributed by atoms with van der Waals surface area (Å²) >= 11 is 0. The molecule has 2 fully saturated rings. The maximum absolute atomic E-state index is 10.3. The van der Waals surface area contributed by atoms with Crippen LogP contribution >= 0.6 is 0 Å². The first-order valence-electron chi connectivity index (χ1n) is 7.40. The minimum absolute atomic E-state index is 0.102. The van der Waals surface area contributed by atoms with Crippen molar-refractivity contribution in [2.75, 3.05) is 7.05 Å². The largest absolute Gasteiger partial charge is 0.391 e. The van der Waals surface area contributed by atoms with E-state index in [-0.39, 0.29) is 6.10 Å². The van der Waals surface area contributed by atoms with Crippen LogP contribution in [0.25, 0.3) is 0 Å². The molecule has 0 bridgehead atoms. The van der Waals surface area contributed by atoms with E-state index in [4.69, 9.17) is 0 Å². The molecule has 1 N–H and O–H groups in total. The Bertz CT molecular complexity index is 245. The summed E-state index contributed by atoms with van der Waals surface area (Å²) in [6, 6.07) is 1.11. The molecule has 2 aliphatic rings. The van der Waals surface area contributed by atoms with Crippen molar-refractivity contribution in [2.24, 2.45) is 5.41 Å². The van der Waals surface area contributed by atoms with Gasteiger partial charge in [-0.15, -0.1) is 0 Å². The smallest absolute Gasteiger partial charge is 0.0695 e. The van der Waals surface area contributed by atoms with Crippen LogP contribution in [-0.4, -0.2) is 35.2 Å². The fraction of sp³-hybridized carbons (Fsp3) is 1.00. The van der Waals surface area contributed by atoms with Crippen molar-refractivity contribution in [2.45, 2.75) is 83.4 Å². The molecule has 0 aliphatic heterocycles. The standard InChI is InChI=1S/C15H29NO/c1-15(2)10-9-14(17)13(11-15)16(3)12-7-5-4-6-8-12/h12-14,17H,4-11H2,1-3H3. The number of nitrogens with zero attached hydrogens (tertiary/aromatic N) is 1. The van der Waals surface area contributed by atoms with E-state index < -0.39 is 0 Å². The first-order chi connectivity index (χ1) is 7.99. The van der Waals surface area contributed by atoms with E-state index in [1.165, 1.54) is 38.5 Å². The van der Waals surface area contributed by atoms with Crippen LogP contribution in [0.5, 0.6) is 0 Å². The summed E-state index contributed by atoms with van der Waals surface area (Å²) in [5, 5.41) is 10.3. The summed E-state index contributed by atoms with van der Waals surface area (Å²) in [6.45, 7) is 4.70. The Morgan fingerprint density at radius 2 is 1.71 bits per heavy atom. The van der Waals surface area contributed by atoms with E-state index in [0.29, 0.717) is 11.5 Å². The molecule has 2 heteroatoms. The number of likely N-dealkylation sites (N-methyl/N-ethyl adjacent to an activating group) is 1. The second-order valence-corrected chi connectivity index (χ2v) is 7.00. The van der Waals surface area contributed by atoms with Gasteiger partial charge in [0.15, 0.2) is 0 Å². The molecule has 0 radical (unpaired) electrons. The Kier molecular flexibility index (Phi) is 4.14. The lowest BCUT2D eigenvalue weighted by Crippen LogP contribution is -2.51. The van der Waals surface area contributed by atoms with Gasteiger partial charge in [0.25, 0.3) is 0 Å². The predicted octanol–water partition coefficient (Wildman–Crippen LogP) is 3.19. The van der Waals surface area contributed by atoms with Gasteiger partial charge in [0.1, 0.15) is 0 Å². The van der Waals surface area contributed by atoms with Crippen LogP contribution < -0.4 is 0 Å². The third-order valence-electron chi connectivity index (χ3n) is 5.00. The maximum Gasteiger partial charge on any atom is 0.0695 e. The van der Waals surface area contributed by atoms with Crippen LogP contribution in [0.4, 0.5) is 0 Å². The van der Waals surface area contributed by atoms with Crippen molar-refractivity contribution in [3.63, 3.8) is 0 Å². The molecule has 0 saturated heterocycles. The third kappa shape index (κ3) is 3.23. The van der Waals surface area contributed by atoms with Gasteiger partial charge in [-0.05, 0) is 44.6 Å². The van der Waals surface area contributed by atoms with Gasteiger partial charge in [0.05, 0.1) is 6.10 Å². The molecule has 17 heavy (non-hydrogen) atoms. The van der Waals surface area contributed by atoms with Gasteiger partial charge in [-0.3, -0.25) is 4.90 Å². The van der Waals surface area contributed by atoms with Crippen LogP contribution in [0.15, 0.2) is 0 Å². The lowest BCUT2D eigenvalue weighted by atomic mass is 9.73. The molecule has 100 valence electrons. The molecular weight excluding hydrogens is 210 g/mol. The van der Waals surface area contributed by atoms with Gasteiger partial charge in [-0.2, -0.15) is 0 Å². The molecule has 0 amide bonds. The predicted molar refractivity (Wildman–Crippen MR) is 72.1 cm³/mol. The van der Waals surface area contributed by atoms with Gasteiger partial charge in [0, 0.05) is 12.1 Å². The van der Waals surface area contributed by atoms with Crippen LogP contribution in [-0.2, 0) is 0 Å². The van der Waals surface area contributed by atoms with Crippen LogP contribution in [0, 0.1) is 5.41 Å². The third-order valence-corrected chi connectivity index (χ3v) is 5.00. The topological polar surface area (TPSA) is 23.5 Å². The molecule has 2 unspecified atom stereocenters. The molecule has 2 atom stereocenters. The van der Waals surface area contributed by atoms with Crippen molar-refractivity contribution in [1.82, 2.24) is 4.90 Å². The molecular formula is C15H29NO. The van der Waals surface area contributed by atoms with E-state index in [1.807, 2.05) is 0 Å². The number of hydrogen-bond acceptors (Lipinski definition) is 2. The fourth-order valence-corrected chi connectivity index (χ4v) is 3.71. The molecule has 2 aliphatic carbocycles. The highest BCUT2D eigenvalue weighted by Crippen LogP contribution is 2.38. The fourth-order valence-electron chi connectivity index (χ4n) is 3.71. The second kappa shape index (κ2) is 5.27. The SMILES string of the molecule is CN(C1CCCCC1)C1CC(C)(C)CCC1O. The molecule has 0 aromatic carbocycles. The summed E-state index contributed by atoms with van der Waals surface area (Å²) in [4.78, 5) is 2.50. The summed E-state index contributed by atoms with van der Waals surface area (Å²) in [7, 11) is 2.24. The summed E-state index contributed by atoms with van der Waals surface area (Å²) in [5.74, 6) is 0. The Balaban J connectivity index is 1.98. The lowest BCUT2D eigenvalue weighted by Gasteiger charge is -2.46. The number of aliphatic hydroxyl groups excluding tert-OH is 1. The molecule has 2 saturated carbocycles. The van der Waals surface area contributed by atoms with E-state index in [2.05, 4.69) is 25.8 Å². The average molecular weight is 239 g/mol. The van der Waals surface area contributed by atoms with Crippen molar-refractivity contribution < 1.29 is 5.11 Å². The average Bonchev–Trinajstić information content (AvgIpc) is 2.33. The Morgan fingerprint density at radius 1 is 1.06 bits per heavy atom. The zero-order chi connectivity index (χ0) is 12.5.